The second-order valence-corrected chi connectivity index (χ2v) is 7.13. The second kappa shape index (κ2) is 11.6. The third-order valence-corrected chi connectivity index (χ3v) is 4.90. The molecule has 0 aliphatic carbocycles. The van der Waals surface area contributed by atoms with E-state index in [-0.39, 0.29) is 12.4 Å². The van der Waals surface area contributed by atoms with Gasteiger partial charge in [-0.05, 0) is 58.8 Å². The lowest BCUT2D eigenvalue weighted by Crippen LogP contribution is -2.38. The van der Waals surface area contributed by atoms with Gasteiger partial charge in [0.2, 0.25) is 0 Å². The van der Waals surface area contributed by atoms with Crippen LogP contribution in [0.4, 0.5) is 0 Å². The van der Waals surface area contributed by atoms with Gasteiger partial charge < -0.3 is 9.64 Å². The Hall–Kier alpha value is -2.02. The van der Waals surface area contributed by atoms with E-state index in [0.29, 0.717) is 12.2 Å². The molecule has 2 aliphatic heterocycles. The summed E-state index contributed by atoms with van der Waals surface area (Å²) in [7, 11) is 1.80. The standard InChI is InChI=1S/C20H33N5O2/c1-17(26)15-27-16-23-18(14-24-10-6-4-7-11-24)19(21-2)20(22-3)25-12-8-5-9-13-25/h16H,2,4-15H2,1,3H3/b19-18+,22-20?,23-16?. The Morgan fingerprint density at radius 3 is 2.26 bits per heavy atom. The average molecular weight is 376 g/mol. The number of piperidine rings is 2. The predicted molar refractivity (Wildman–Crippen MR) is 111 cm³/mol. The van der Waals surface area contributed by atoms with Crippen LogP contribution in [-0.2, 0) is 9.53 Å². The van der Waals surface area contributed by atoms with Crippen molar-refractivity contribution in [2.45, 2.75) is 45.4 Å². The number of carbonyl (C=O) groups is 1. The largest absolute Gasteiger partial charge is 0.475 e. The minimum absolute atomic E-state index is 0.0260. The molecule has 7 heteroatoms. The van der Waals surface area contributed by atoms with Gasteiger partial charge in [0.25, 0.3) is 0 Å². The summed E-state index contributed by atoms with van der Waals surface area (Å²) in [5.41, 5.74) is 1.51. The molecule has 0 saturated carbocycles. The van der Waals surface area contributed by atoms with Gasteiger partial charge in [0.15, 0.2) is 18.0 Å². The number of nitrogens with zero attached hydrogens (tertiary/aromatic N) is 5. The number of aliphatic imine (C=N–C) groups is 3. The third-order valence-electron chi connectivity index (χ3n) is 4.90. The van der Waals surface area contributed by atoms with Gasteiger partial charge in [-0.3, -0.25) is 19.7 Å². The fraction of sp³-hybridized carbons (Fsp3) is 0.700. The number of Topliss-reactive ketones (excluding diaryl/α,β-unsaturated/α-hetero) is 1. The van der Waals surface area contributed by atoms with Crippen molar-refractivity contribution in [3.8, 4) is 0 Å². The van der Waals surface area contributed by atoms with E-state index in [1.807, 2.05) is 0 Å². The first-order valence-corrected chi connectivity index (χ1v) is 9.93. The number of ketones is 1. The van der Waals surface area contributed by atoms with E-state index < -0.39 is 0 Å². The number of likely N-dealkylation sites (tertiary alicyclic amines) is 2. The lowest BCUT2D eigenvalue weighted by Gasteiger charge is -2.31. The minimum atomic E-state index is -0.0331. The summed E-state index contributed by atoms with van der Waals surface area (Å²) in [5.74, 6) is 0.814. The summed E-state index contributed by atoms with van der Waals surface area (Å²) < 4.78 is 5.26. The highest BCUT2D eigenvalue weighted by Gasteiger charge is 2.22. The van der Waals surface area contributed by atoms with E-state index >= 15 is 0 Å². The van der Waals surface area contributed by atoms with Crippen molar-refractivity contribution < 1.29 is 9.53 Å². The molecule has 0 aromatic heterocycles. The Labute approximate surface area is 162 Å². The Balaban J connectivity index is 2.25. The molecule has 27 heavy (non-hydrogen) atoms. The number of amidine groups is 1. The lowest BCUT2D eigenvalue weighted by molar-refractivity contribution is -0.119. The number of rotatable bonds is 8. The molecule has 7 nitrogen and oxygen atoms in total. The minimum Gasteiger partial charge on any atom is -0.475 e. The van der Waals surface area contributed by atoms with Crippen LogP contribution in [0.2, 0.25) is 0 Å². The fourth-order valence-corrected chi connectivity index (χ4v) is 3.56. The summed E-state index contributed by atoms with van der Waals surface area (Å²) >= 11 is 0. The summed E-state index contributed by atoms with van der Waals surface area (Å²) in [6, 6.07) is 0. The molecule has 0 aromatic rings. The van der Waals surface area contributed by atoms with Gasteiger partial charge in [0.1, 0.15) is 12.3 Å². The summed E-state index contributed by atoms with van der Waals surface area (Å²) in [5, 5.41) is 0. The average Bonchev–Trinajstić information content (AvgIpc) is 2.70. The number of hydrogen-bond donors (Lipinski definition) is 0. The molecule has 2 fully saturated rings. The maximum Gasteiger partial charge on any atom is 0.174 e. The molecule has 0 radical (unpaired) electrons. The van der Waals surface area contributed by atoms with E-state index in [4.69, 9.17) is 4.74 Å². The lowest BCUT2D eigenvalue weighted by atomic mass is 10.1. The van der Waals surface area contributed by atoms with E-state index in [1.54, 1.807) is 7.05 Å². The quantitative estimate of drug-likeness (QED) is 0.483. The van der Waals surface area contributed by atoms with Crippen LogP contribution in [0.3, 0.4) is 0 Å². The van der Waals surface area contributed by atoms with Crippen molar-refractivity contribution in [3.63, 3.8) is 0 Å². The van der Waals surface area contributed by atoms with Gasteiger partial charge in [0, 0.05) is 26.7 Å². The van der Waals surface area contributed by atoms with Crippen molar-refractivity contribution in [1.29, 1.82) is 0 Å². The highest BCUT2D eigenvalue weighted by Crippen LogP contribution is 2.20. The Morgan fingerprint density at radius 2 is 1.70 bits per heavy atom. The summed E-state index contributed by atoms with van der Waals surface area (Å²) in [6.45, 7) is 10.1. The summed E-state index contributed by atoms with van der Waals surface area (Å²) in [4.78, 5) is 29.1. The zero-order chi connectivity index (χ0) is 19.5. The first kappa shape index (κ1) is 21.3. The first-order chi connectivity index (χ1) is 13.2. The van der Waals surface area contributed by atoms with Gasteiger partial charge in [-0.25, -0.2) is 4.99 Å². The van der Waals surface area contributed by atoms with Crippen LogP contribution in [0, 0.1) is 0 Å². The first-order valence-electron chi connectivity index (χ1n) is 9.93. The Bertz CT molecular complexity index is 585. The van der Waals surface area contributed by atoms with Crippen LogP contribution in [0.1, 0.15) is 45.4 Å². The molecule has 0 atom stereocenters. The SMILES string of the molecule is C=N/C(C(=NC)N1CCCCC1)=C(\CN1CCCCC1)N=COCC(C)=O. The maximum absolute atomic E-state index is 11.1. The van der Waals surface area contributed by atoms with Crippen LogP contribution >= 0.6 is 0 Å². The van der Waals surface area contributed by atoms with Gasteiger partial charge >= 0.3 is 0 Å². The molecule has 2 heterocycles. The van der Waals surface area contributed by atoms with Gasteiger partial charge in [0.05, 0.1) is 5.70 Å². The maximum atomic E-state index is 11.1. The smallest absolute Gasteiger partial charge is 0.174 e. The van der Waals surface area contributed by atoms with Gasteiger partial charge in [-0.15, -0.1) is 0 Å². The third kappa shape index (κ3) is 6.90. The van der Waals surface area contributed by atoms with Crippen molar-refractivity contribution in [2.75, 3.05) is 46.4 Å². The Morgan fingerprint density at radius 1 is 1.07 bits per heavy atom. The molecule has 0 unspecified atom stereocenters. The molecule has 0 bridgehead atoms. The van der Waals surface area contributed by atoms with Crippen LogP contribution in [0.5, 0.6) is 0 Å². The monoisotopic (exact) mass is 375 g/mol. The van der Waals surface area contributed by atoms with Crippen LogP contribution in [-0.4, -0.2) is 80.9 Å². The second-order valence-electron chi connectivity index (χ2n) is 7.13. The number of hydrogen-bond acceptors (Lipinski definition) is 6. The van der Waals surface area contributed by atoms with Crippen LogP contribution in [0.25, 0.3) is 0 Å². The van der Waals surface area contributed by atoms with Crippen molar-refractivity contribution in [3.05, 3.63) is 11.4 Å². The van der Waals surface area contributed by atoms with E-state index in [9.17, 15) is 4.79 Å². The normalized spacial score (nSPS) is 20.5. The zero-order valence-electron chi connectivity index (χ0n) is 16.8. The molecule has 0 N–H and O–H groups in total. The fourth-order valence-electron chi connectivity index (χ4n) is 3.56. The summed E-state index contributed by atoms with van der Waals surface area (Å²) in [6.07, 6.45) is 8.63. The Kier molecular flexibility index (Phi) is 9.18. The van der Waals surface area contributed by atoms with E-state index in [1.165, 1.54) is 39.0 Å². The molecule has 2 aliphatic rings. The molecule has 0 spiro atoms. The zero-order valence-corrected chi connectivity index (χ0v) is 16.8. The predicted octanol–water partition coefficient (Wildman–Crippen LogP) is 2.53. The molecule has 2 rings (SSSR count). The van der Waals surface area contributed by atoms with E-state index in [0.717, 1.165) is 50.6 Å². The molecule has 0 aromatic carbocycles. The van der Waals surface area contributed by atoms with Crippen LogP contribution < -0.4 is 0 Å². The van der Waals surface area contributed by atoms with Crippen LogP contribution in [0.15, 0.2) is 26.4 Å². The van der Waals surface area contributed by atoms with Crippen molar-refractivity contribution in [2.24, 2.45) is 15.0 Å². The molecular weight excluding hydrogens is 342 g/mol. The van der Waals surface area contributed by atoms with E-state index in [2.05, 4.69) is 31.5 Å². The topological polar surface area (TPSA) is 69.9 Å². The molecular formula is C20H33N5O2. The molecule has 150 valence electrons. The number of carbonyl (C=O) groups excluding carboxylic acids is 1. The number of ether oxygens (including phenoxy) is 1. The highest BCUT2D eigenvalue weighted by atomic mass is 16.5. The van der Waals surface area contributed by atoms with Gasteiger partial charge in [-0.1, -0.05) is 6.42 Å². The van der Waals surface area contributed by atoms with Crippen molar-refractivity contribution >= 4 is 24.7 Å². The molecule has 0 amide bonds. The van der Waals surface area contributed by atoms with Crippen molar-refractivity contribution in [1.82, 2.24) is 9.80 Å². The highest BCUT2D eigenvalue weighted by molar-refractivity contribution is 5.99. The molecule has 2 saturated heterocycles. The van der Waals surface area contributed by atoms with Gasteiger partial charge in [-0.2, -0.15) is 0 Å².